The highest BCUT2D eigenvalue weighted by atomic mass is 79.9. The van der Waals surface area contributed by atoms with Crippen LogP contribution < -0.4 is 4.74 Å². The van der Waals surface area contributed by atoms with Crippen LogP contribution >= 0.6 is 15.9 Å². The summed E-state index contributed by atoms with van der Waals surface area (Å²) in [5.74, 6) is -3.91. The molecule has 0 saturated carbocycles. The number of aromatic nitrogens is 4. The molecule has 0 N–H and O–H groups in total. The average Bonchev–Trinajstić information content (AvgIpc) is 3.34. The second kappa shape index (κ2) is 12.9. The van der Waals surface area contributed by atoms with E-state index in [0.717, 1.165) is 30.7 Å². The van der Waals surface area contributed by atoms with E-state index in [1.165, 1.54) is 12.1 Å². The molecule has 1 saturated heterocycles. The Morgan fingerprint density at radius 1 is 1.02 bits per heavy atom. The molecule has 45 heavy (non-hydrogen) atoms. The Morgan fingerprint density at radius 3 is 2.56 bits per heavy atom. The van der Waals surface area contributed by atoms with Crippen molar-refractivity contribution in [2.45, 2.75) is 39.0 Å². The lowest BCUT2D eigenvalue weighted by Crippen LogP contribution is -2.31. The predicted molar refractivity (Wildman–Crippen MR) is 159 cm³/mol. The molecule has 13 heteroatoms. The molecule has 0 unspecified atom stereocenters. The van der Waals surface area contributed by atoms with E-state index < -0.39 is 29.2 Å². The molecule has 0 radical (unpaired) electrons. The number of benzene rings is 2. The molecular formula is C32H25BrF4N4O4. The van der Waals surface area contributed by atoms with Crippen LogP contribution in [0.15, 0.2) is 59.3 Å². The number of fused-ring (bicyclic) bond motifs is 1. The van der Waals surface area contributed by atoms with Gasteiger partial charge in [-0.05, 0) is 77.3 Å². The minimum Gasteiger partial charge on any atom is -0.471 e. The van der Waals surface area contributed by atoms with E-state index in [9.17, 15) is 9.18 Å². The number of hydrogen-bond acceptors (Lipinski definition) is 7. The minimum absolute atomic E-state index is 0.00862. The molecule has 5 aromatic rings. The summed E-state index contributed by atoms with van der Waals surface area (Å²) in [4.78, 5) is 24.9. The van der Waals surface area contributed by atoms with E-state index in [1.807, 2.05) is 0 Å². The van der Waals surface area contributed by atoms with Gasteiger partial charge in [-0.25, -0.2) is 37.3 Å². The van der Waals surface area contributed by atoms with Crippen molar-refractivity contribution in [3.63, 3.8) is 0 Å². The van der Waals surface area contributed by atoms with E-state index in [-0.39, 0.29) is 71.9 Å². The predicted octanol–water partition coefficient (Wildman–Crippen LogP) is 6.95. The van der Waals surface area contributed by atoms with Gasteiger partial charge < -0.3 is 18.8 Å². The number of carbonyl (C=O) groups is 1. The van der Waals surface area contributed by atoms with Gasteiger partial charge in [0.25, 0.3) is 5.88 Å². The molecule has 1 aliphatic heterocycles. The van der Waals surface area contributed by atoms with Gasteiger partial charge in [0.2, 0.25) is 0 Å². The van der Waals surface area contributed by atoms with Crippen molar-refractivity contribution >= 4 is 32.9 Å². The molecular weight excluding hydrogens is 660 g/mol. The maximum atomic E-state index is 15.5. The zero-order valence-electron chi connectivity index (χ0n) is 23.8. The van der Waals surface area contributed by atoms with Gasteiger partial charge in [0.05, 0.1) is 36.0 Å². The number of ether oxygens (including phenoxy) is 3. The van der Waals surface area contributed by atoms with Crippen LogP contribution in [0, 0.1) is 23.3 Å². The van der Waals surface area contributed by atoms with Crippen LogP contribution in [0.4, 0.5) is 17.6 Å². The molecule has 8 nitrogen and oxygen atoms in total. The van der Waals surface area contributed by atoms with Crippen molar-refractivity contribution in [2.24, 2.45) is 0 Å². The molecule has 1 atom stereocenters. The Bertz CT molecular complexity index is 1900. The first-order chi connectivity index (χ1) is 21.7. The van der Waals surface area contributed by atoms with Crippen molar-refractivity contribution in [3.8, 4) is 17.1 Å². The Labute approximate surface area is 263 Å². The first-order valence-electron chi connectivity index (χ1n) is 14.1. The van der Waals surface area contributed by atoms with E-state index in [1.54, 1.807) is 29.8 Å². The first kappa shape index (κ1) is 30.7. The summed E-state index contributed by atoms with van der Waals surface area (Å²) in [6, 6.07) is 10.2. The highest BCUT2D eigenvalue weighted by Gasteiger charge is 2.25. The van der Waals surface area contributed by atoms with Crippen LogP contribution in [0.25, 0.3) is 22.3 Å². The number of halogens is 5. The monoisotopic (exact) mass is 684 g/mol. The summed E-state index contributed by atoms with van der Waals surface area (Å²) in [5, 5.41) is 0. The van der Waals surface area contributed by atoms with E-state index >= 15 is 13.2 Å². The van der Waals surface area contributed by atoms with Gasteiger partial charge in [0, 0.05) is 30.4 Å². The van der Waals surface area contributed by atoms with Crippen LogP contribution in [0.5, 0.6) is 5.88 Å². The number of pyridine rings is 2. The van der Waals surface area contributed by atoms with Gasteiger partial charge in [-0.15, -0.1) is 0 Å². The zero-order valence-corrected chi connectivity index (χ0v) is 25.4. The summed E-state index contributed by atoms with van der Waals surface area (Å²) >= 11 is 3.23. The van der Waals surface area contributed by atoms with Gasteiger partial charge in [-0.2, -0.15) is 0 Å². The third-order valence-corrected chi connectivity index (χ3v) is 7.78. The van der Waals surface area contributed by atoms with Gasteiger partial charge in [-0.3, -0.25) is 0 Å². The highest BCUT2D eigenvalue weighted by molar-refractivity contribution is 9.10. The maximum absolute atomic E-state index is 15.5. The quantitative estimate of drug-likeness (QED) is 0.0894. The molecule has 6 rings (SSSR count). The summed E-state index contributed by atoms with van der Waals surface area (Å²) < 4.78 is 79.0. The highest BCUT2D eigenvalue weighted by Crippen LogP contribution is 2.30. The average molecular weight is 685 g/mol. The first-order valence-corrected chi connectivity index (χ1v) is 14.8. The van der Waals surface area contributed by atoms with Crippen molar-refractivity contribution in [1.82, 2.24) is 19.5 Å². The fraction of sp³-hybridized carbons (Fsp3) is 0.250. The molecule has 2 aromatic carbocycles. The molecule has 232 valence electrons. The number of esters is 1. The number of hydrogen-bond donors (Lipinski definition) is 0. The lowest BCUT2D eigenvalue weighted by molar-refractivity contribution is -0.0589. The Kier molecular flexibility index (Phi) is 8.81. The topological polar surface area (TPSA) is 88.4 Å². The molecule has 0 bridgehead atoms. The lowest BCUT2D eigenvalue weighted by Gasteiger charge is -2.27. The molecule has 1 fully saturated rings. The third-order valence-electron chi connectivity index (χ3n) is 7.32. The van der Waals surface area contributed by atoms with Gasteiger partial charge in [-0.1, -0.05) is 6.07 Å². The summed E-state index contributed by atoms with van der Waals surface area (Å²) in [6.07, 6.45) is 1.93. The fourth-order valence-corrected chi connectivity index (χ4v) is 5.18. The van der Waals surface area contributed by atoms with Gasteiger partial charge in [0.15, 0.2) is 11.6 Å². The molecule has 0 spiro atoms. The maximum Gasteiger partial charge on any atom is 0.338 e. The van der Waals surface area contributed by atoms with Gasteiger partial charge in [0.1, 0.15) is 34.2 Å². The SMILES string of the molecule is CCOC(=O)c1cc(F)c2nc(Cc3cc(F)c(-c4ccc(F)c(OCc5ccc(Br)nc5)n4)cc3F)n(C[C@@H]3CCO3)c2c1. The molecule has 0 amide bonds. The number of imidazole rings is 1. The van der Waals surface area contributed by atoms with Crippen LogP contribution in [-0.4, -0.2) is 44.8 Å². The van der Waals surface area contributed by atoms with E-state index in [4.69, 9.17) is 14.2 Å². The molecule has 0 aliphatic carbocycles. The Morgan fingerprint density at radius 2 is 1.84 bits per heavy atom. The van der Waals surface area contributed by atoms with Crippen LogP contribution in [-0.2, 0) is 29.0 Å². The second-order valence-corrected chi connectivity index (χ2v) is 11.1. The molecule has 3 aromatic heterocycles. The number of rotatable bonds is 10. The number of nitrogens with zero attached hydrogens (tertiary/aromatic N) is 4. The van der Waals surface area contributed by atoms with Crippen LogP contribution in [0.1, 0.15) is 40.7 Å². The Hall–Kier alpha value is -4.36. The van der Waals surface area contributed by atoms with Gasteiger partial charge >= 0.3 is 5.97 Å². The fourth-order valence-electron chi connectivity index (χ4n) is 4.94. The smallest absolute Gasteiger partial charge is 0.338 e. The third kappa shape index (κ3) is 6.54. The lowest BCUT2D eigenvalue weighted by atomic mass is 10.0. The molecule has 1 aliphatic rings. The normalized spacial score (nSPS) is 14.4. The second-order valence-electron chi connectivity index (χ2n) is 10.3. The van der Waals surface area contributed by atoms with Crippen LogP contribution in [0.2, 0.25) is 0 Å². The summed E-state index contributed by atoms with van der Waals surface area (Å²) in [7, 11) is 0. The largest absolute Gasteiger partial charge is 0.471 e. The minimum atomic E-state index is -0.811. The Balaban J connectivity index is 1.30. The van der Waals surface area contributed by atoms with E-state index in [2.05, 4.69) is 30.9 Å². The zero-order chi connectivity index (χ0) is 31.7. The summed E-state index contributed by atoms with van der Waals surface area (Å²) in [5.41, 5.74) is 0.668. The number of carbonyl (C=O) groups excluding carboxylic acids is 1. The van der Waals surface area contributed by atoms with Crippen molar-refractivity contribution in [3.05, 3.63) is 105 Å². The van der Waals surface area contributed by atoms with Crippen molar-refractivity contribution in [2.75, 3.05) is 13.2 Å². The van der Waals surface area contributed by atoms with Crippen LogP contribution in [0.3, 0.4) is 0 Å². The standard InChI is InChI=1S/C32H25BrF4N4O4/c1-2-43-32(42)19-10-25(37)30-27(11-19)41(15-20-7-8-44-20)29(40-30)12-18-9-24(36)21(13-23(18)35)26-5-4-22(34)31(39-26)45-16-17-3-6-28(33)38-14-17/h3-6,9-11,13-14,20H,2,7-8,12,15-16H2,1H3/t20-/m0/s1. The van der Waals surface area contributed by atoms with Crippen molar-refractivity contribution in [1.29, 1.82) is 0 Å². The summed E-state index contributed by atoms with van der Waals surface area (Å²) in [6.45, 7) is 2.56. The van der Waals surface area contributed by atoms with E-state index in [0.29, 0.717) is 22.3 Å². The van der Waals surface area contributed by atoms with Crippen molar-refractivity contribution < 1.29 is 36.6 Å². The molecule has 4 heterocycles.